The van der Waals surface area contributed by atoms with E-state index < -0.39 is 5.97 Å². The van der Waals surface area contributed by atoms with Crippen molar-refractivity contribution in [3.8, 4) is 5.75 Å². The summed E-state index contributed by atoms with van der Waals surface area (Å²) in [5, 5.41) is 9.66. The monoisotopic (exact) mass is 205 g/mol. The van der Waals surface area contributed by atoms with Crippen molar-refractivity contribution in [3.63, 3.8) is 0 Å². The first-order valence-electron chi connectivity index (χ1n) is 4.57. The Balaban J connectivity index is 2.58. The highest BCUT2D eigenvalue weighted by atomic mass is 16.5. The van der Waals surface area contributed by atoms with Crippen molar-refractivity contribution in [2.75, 3.05) is 7.11 Å². The zero-order chi connectivity index (χ0) is 10.8. The summed E-state index contributed by atoms with van der Waals surface area (Å²) in [6, 6.07) is 5.43. The largest absolute Gasteiger partial charge is 0.496 e. The van der Waals surface area contributed by atoms with Gasteiger partial charge in [0.2, 0.25) is 0 Å². The molecule has 2 aromatic rings. The van der Waals surface area contributed by atoms with Crippen molar-refractivity contribution >= 4 is 16.9 Å². The summed E-state index contributed by atoms with van der Waals surface area (Å²) in [5.74, 6) is -0.0866. The molecule has 0 fully saturated rings. The highest BCUT2D eigenvalue weighted by Gasteiger charge is 2.09. The Morgan fingerprint density at radius 2 is 2.27 bits per heavy atom. The van der Waals surface area contributed by atoms with E-state index in [2.05, 4.69) is 4.98 Å². The summed E-state index contributed by atoms with van der Waals surface area (Å²) < 4.78 is 5.18. The number of carboxylic acids is 1. The van der Waals surface area contributed by atoms with Gasteiger partial charge in [-0.05, 0) is 17.7 Å². The molecule has 0 aliphatic heterocycles. The van der Waals surface area contributed by atoms with E-state index in [-0.39, 0.29) is 6.42 Å². The van der Waals surface area contributed by atoms with E-state index in [1.54, 1.807) is 25.4 Å². The van der Waals surface area contributed by atoms with Crippen LogP contribution < -0.4 is 4.74 Å². The van der Waals surface area contributed by atoms with Gasteiger partial charge in [-0.1, -0.05) is 6.07 Å². The zero-order valence-electron chi connectivity index (χ0n) is 8.28. The molecule has 15 heavy (non-hydrogen) atoms. The molecule has 1 aromatic heterocycles. The van der Waals surface area contributed by atoms with Gasteiger partial charge in [0.1, 0.15) is 5.75 Å². The lowest BCUT2D eigenvalue weighted by atomic mass is 10.1. The molecule has 0 aliphatic rings. The van der Waals surface area contributed by atoms with Crippen molar-refractivity contribution in [2.45, 2.75) is 6.42 Å². The normalized spacial score (nSPS) is 10.5. The number of carboxylic acid groups (broad SMARTS) is 1. The predicted molar refractivity (Wildman–Crippen MR) is 56.2 cm³/mol. The van der Waals surface area contributed by atoms with Crippen molar-refractivity contribution in [1.82, 2.24) is 4.98 Å². The molecule has 4 nitrogen and oxygen atoms in total. The smallest absolute Gasteiger partial charge is 0.307 e. The zero-order valence-corrected chi connectivity index (χ0v) is 8.28. The minimum absolute atomic E-state index is 0.0149. The fourth-order valence-electron chi connectivity index (χ4n) is 1.68. The second-order valence-electron chi connectivity index (χ2n) is 3.26. The highest BCUT2D eigenvalue weighted by molar-refractivity contribution is 5.90. The standard InChI is InChI=1S/C11H11NO3/c1-15-9-3-2-7(6-10(13)14)11-8(9)4-5-12-11/h2-5,12H,6H2,1H3,(H,13,14). The van der Waals surface area contributed by atoms with Gasteiger partial charge >= 0.3 is 5.97 Å². The number of nitrogens with one attached hydrogen (secondary N) is 1. The lowest BCUT2D eigenvalue weighted by molar-refractivity contribution is -0.136. The average Bonchev–Trinajstić information content (AvgIpc) is 2.66. The molecular weight excluding hydrogens is 194 g/mol. The number of ether oxygens (including phenoxy) is 1. The summed E-state index contributed by atoms with van der Waals surface area (Å²) in [4.78, 5) is 13.7. The number of carbonyl (C=O) groups is 1. The number of methoxy groups -OCH3 is 1. The van der Waals surface area contributed by atoms with Gasteiger partial charge in [0, 0.05) is 11.6 Å². The number of fused-ring (bicyclic) bond motifs is 1. The molecule has 0 saturated carbocycles. The molecular formula is C11H11NO3. The van der Waals surface area contributed by atoms with Crippen molar-refractivity contribution in [2.24, 2.45) is 0 Å². The second-order valence-corrected chi connectivity index (χ2v) is 3.26. The molecule has 0 amide bonds. The fraction of sp³-hybridized carbons (Fsp3) is 0.182. The SMILES string of the molecule is COc1ccc(CC(=O)O)c2[nH]ccc12. The number of aliphatic carboxylic acids is 1. The van der Waals surface area contributed by atoms with E-state index in [1.165, 1.54) is 0 Å². The molecule has 0 saturated heterocycles. The Morgan fingerprint density at radius 3 is 2.93 bits per heavy atom. The van der Waals surface area contributed by atoms with Crippen LogP contribution in [-0.2, 0) is 11.2 Å². The molecule has 78 valence electrons. The molecule has 0 spiro atoms. The summed E-state index contributed by atoms with van der Waals surface area (Å²) in [6.45, 7) is 0. The van der Waals surface area contributed by atoms with E-state index in [9.17, 15) is 4.79 Å². The van der Waals surface area contributed by atoms with Crippen LogP contribution in [0.25, 0.3) is 10.9 Å². The van der Waals surface area contributed by atoms with Crippen LogP contribution in [0.4, 0.5) is 0 Å². The van der Waals surface area contributed by atoms with E-state index in [1.807, 2.05) is 6.07 Å². The van der Waals surface area contributed by atoms with Gasteiger partial charge in [-0.15, -0.1) is 0 Å². The Morgan fingerprint density at radius 1 is 1.47 bits per heavy atom. The Kier molecular flexibility index (Phi) is 2.33. The van der Waals surface area contributed by atoms with Gasteiger partial charge in [0.25, 0.3) is 0 Å². The third-order valence-corrected chi connectivity index (χ3v) is 2.33. The summed E-state index contributed by atoms with van der Waals surface area (Å²) >= 11 is 0. The van der Waals surface area contributed by atoms with E-state index in [0.717, 1.165) is 22.2 Å². The van der Waals surface area contributed by atoms with Gasteiger partial charge in [-0.3, -0.25) is 4.79 Å². The van der Waals surface area contributed by atoms with Crippen LogP contribution in [0.5, 0.6) is 5.75 Å². The van der Waals surface area contributed by atoms with Crippen LogP contribution in [0.15, 0.2) is 24.4 Å². The van der Waals surface area contributed by atoms with Gasteiger partial charge < -0.3 is 14.8 Å². The topological polar surface area (TPSA) is 62.3 Å². The molecule has 0 aliphatic carbocycles. The number of H-pyrrole nitrogens is 1. The molecule has 0 atom stereocenters. The minimum atomic E-state index is -0.837. The van der Waals surface area contributed by atoms with Gasteiger partial charge in [-0.25, -0.2) is 0 Å². The first-order valence-corrected chi connectivity index (χ1v) is 4.57. The number of hydrogen-bond donors (Lipinski definition) is 2. The number of rotatable bonds is 3. The van der Waals surface area contributed by atoms with Gasteiger partial charge in [0.15, 0.2) is 0 Å². The van der Waals surface area contributed by atoms with Crippen LogP contribution in [0, 0.1) is 0 Å². The first kappa shape index (κ1) is 9.58. The van der Waals surface area contributed by atoms with Crippen LogP contribution >= 0.6 is 0 Å². The maximum atomic E-state index is 10.6. The van der Waals surface area contributed by atoms with Crippen LogP contribution in [-0.4, -0.2) is 23.2 Å². The summed E-state index contributed by atoms with van der Waals surface area (Å²) in [6.07, 6.45) is 1.79. The van der Waals surface area contributed by atoms with Gasteiger partial charge in [-0.2, -0.15) is 0 Å². The maximum absolute atomic E-state index is 10.6. The van der Waals surface area contributed by atoms with E-state index in [0.29, 0.717) is 0 Å². The summed E-state index contributed by atoms with van der Waals surface area (Å²) in [7, 11) is 1.60. The number of hydrogen-bond acceptors (Lipinski definition) is 2. The Hall–Kier alpha value is -1.97. The highest BCUT2D eigenvalue weighted by Crippen LogP contribution is 2.27. The maximum Gasteiger partial charge on any atom is 0.307 e. The summed E-state index contributed by atoms with van der Waals surface area (Å²) in [5.41, 5.74) is 1.60. The number of benzene rings is 1. The van der Waals surface area contributed by atoms with Crippen LogP contribution in [0.3, 0.4) is 0 Å². The number of aromatic amines is 1. The molecule has 0 radical (unpaired) electrons. The molecule has 0 bridgehead atoms. The van der Waals surface area contributed by atoms with E-state index >= 15 is 0 Å². The first-order chi connectivity index (χ1) is 7.22. The third kappa shape index (κ3) is 1.66. The van der Waals surface area contributed by atoms with Crippen LogP contribution in [0.1, 0.15) is 5.56 Å². The third-order valence-electron chi connectivity index (χ3n) is 2.33. The van der Waals surface area contributed by atoms with Gasteiger partial charge in [0.05, 0.1) is 19.0 Å². The molecule has 0 unspecified atom stereocenters. The molecule has 1 heterocycles. The quantitative estimate of drug-likeness (QED) is 0.803. The lowest BCUT2D eigenvalue weighted by Crippen LogP contribution is -2.00. The molecule has 2 N–H and O–H groups in total. The Bertz CT molecular complexity index is 502. The Labute approximate surface area is 86.5 Å². The van der Waals surface area contributed by atoms with Crippen LogP contribution in [0.2, 0.25) is 0 Å². The second kappa shape index (κ2) is 3.65. The minimum Gasteiger partial charge on any atom is -0.496 e. The average molecular weight is 205 g/mol. The van der Waals surface area contributed by atoms with Crippen molar-refractivity contribution in [3.05, 3.63) is 30.0 Å². The van der Waals surface area contributed by atoms with E-state index in [4.69, 9.17) is 9.84 Å². The van der Waals surface area contributed by atoms with Crippen molar-refractivity contribution < 1.29 is 14.6 Å². The lowest BCUT2D eigenvalue weighted by Gasteiger charge is -2.05. The fourth-order valence-corrected chi connectivity index (χ4v) is 1.68. The predicted octanol–water partition coefficient (Wildman–Crippen LogP) is 1.80. The molecule has 1 aromatic carbocycles. The molecule has 2 rings (SSSR count). The molecule has 4 heteroatoms. The van der Waals surface area contributed by atoms with Crippen molar-refractivity contribution in [1.29, 1.82) is 0 Å². The number of aromatic nitrogens is 1.